The summed E-state index contributed by atoms with van der Waals surface area (Å²) < 4.78 is 11.9. The molecule has 1 amide bonds. The Labute approximate surface area is 196 Å². The van der Waals surface area contributed by atoms with Crippen LogP contribution in [0.1, 0.15) is 56.1 Å². The third-order valence-corrected chi connectivity index (χ3v) is 7.30. The van der Waals surface area contributed by atoms with Crippen LogP contribution in [0.3, 0.4) is 0 Å². The molecule has 1 saturated carbocycles. The van der Waals surface area contributed by atoms with Gasteiger partial charge >= 0.3 is 6.09 Å². The van der Waals surface area contributed by atoms with Gasteiger partial charge in [-0.3, -0.25) is 4.90 Å². The quantitative estimate of drug-likeness (QED) is 0.657. The van der Waals surface area contributed by atoms with Crippen molar-refractivity contribution >= 4 is 6.09 Å². The standard InChI is InChI=1S/C27H36N2O4/c1-20-16-27(28,19-30)25(29(20)26(31)33-17-21-8-4-2-5-9-21)18-32-24-14-12-23(13-15-24)22-10-6-3-7-11-22/h2-11,20,23-25,30H,12-19,28H2,1H3/t20-,23?,24?,25+,27-/m1/s1. The summed E-state index contributed by atoms with van der Waals surface area (Å²) in [5.41, 5.74) is 8.00. The topological polar surface area (TPSA) is 85.0 Å². The Balaban J connectivity index is 1.35. The van der Waals surface area contributed by atoms with Crippen molar-refractivity contribution in [1.82, 2.24) is 4.90 Å². The average molecular weight is 453 g/mol. The molecule has 6 heteroatoms. The van der Waals surface area contributed by atoms with Crippen LogP contribution in [0.5, 0.6) is 0 Å². The highest BCUT2D eigenvalue weighted by molar-refractivity contribution is 5.69. The minimum Gasteiger partial charge on any atom is -0.445 e. The van der Waals surface area contributed by atoms with Crippen molar-refractivity contribution in [2.24, 2.45) is 5.73 Å². The van der Waals surface area contributed by atoms with E-state index in [2.05, 4.69) is 30.3 Å². The minimum absolute atomic E-state index is 0.132. The van der Waals surface area contributed by atoms with Gasteiger partial charge in [-0.2, -0.15) is 0 Å². The van der Waals surface area contributed by atoms with E-state index in [1.165, 1.54) is 5.56 Å². The monoisotopic (exact) mass is 452 g/mol. The molecule has 1 heterocycles. The molecule has 3 N–H and O–H groups in total. The number of aliphatic hydroxyl groups is 1. The van der Waals surface area contributed by atoms with E-state index >= 15 is 0 Å². The summed E-state index contributed by atoms with van der Waals surface area (Å²) in [5.74, 6) is 0.577. The molecule has 0 bridgehead atoms. The second-order valence-electron chi connectivity index (χ2n) is 9.63. The van der Waals surface area contributed by atoms with Crippen molar-refractivity contribution in [2.75, 3.05) is 13.2 Å². The molecule has 0 aromatic heterocycles. The predicted octanol–water partition coefficient (Wildman–Crippen LogP) is 4.22. The summed E-state index contributed by atoms with van der Waals surface area (Å²) in [6.45, 7) is 2.26. The van der Waals surface area contributed by atoms with Gasteiger partial charge in [0.25, 0.3) is 0 Å². The molecule has 1 saturated heterocycles. The van der Waals surface area contributed by atoms with Crippen LogP contribution in [0.2, 0.25) is 0 Å². The summed E-state index contributed by atoms with van der Waals surface area (Å²) >= 11 is 0. The summed E-state index contributed by atoms with van der Waals surface area (Å²) in [6.07, 6.45) is 4.39. The predicted molar refractivity (Wildman–Crippen MR) is 128 cm³/mol. The van der Waals surface area contributed by atoms with E-state index in [1.807, 2.05) is 37.3 Å². The Kier molecular flexibility index (Phi) is 7.68. The Morgan fingerprint density at radius 2 is 1.70 bits per heavy atom. The SMILES string of the molecule is C[C@@H]1C[C@@](N)(CO)[C@H](COC2CCC(c3ccccc3)CC2)N1C(=O)OCc1ccccc1. The third-order valence-electron chi connectivity index (χ3n) is 7.30. The lowest BCUT2D eigenvalue weighted by atomic mass is 9.82. The number of nitrogens with zero attached hydrogens (tertiary/aromatic N) is 1. The van der Waals surface area contributed by atoms with Crippen molar-refractivity contribution in [2.45, 2.75) is 75.3 Å². The summed E-state index contributed by atoms with van der Waals surface area (Å²) in [4.78, 5) is 14.7. The van der Waals surface area contributed by atoms with Gasteiger partial charge in [0.2, 0.25) is 0 Å². The van der Waals surface area contributed by atoms with E-state index in [0.29, 0.717) is 18.9 Å². The van der Waals surface area contributed by atoms with Gasteiger partial charge in [-0.1, -0.05) is 60.7 Å². The maximum Gasteiger partial charge on any atom is 0.410 e. The van der Waals surface area contributed by atoms with Crippen LogP contribution >= 0.6 is 0 Å². The molecule has 1 aliphatic carbocycles. The largest absolute Gasteiger partial charge is 0.445 e. The Morgan fingerprint density at radius 1 is 1.06 bits per heavy atom. The molecule has 2 fully saturated rings. The molecule has 0 spiro atoms. The molecule has 2 aliphatic rings. The molecule has 4 rings (SSSR count). The molecule has 3 atom stereocenters. The van der Waals surface area contributed by atoms with E-state index < -0.39 is 17.7 Å². The molecule has 178 valence electrons. The van der Waals surface area contributed by atoms with Crippen LogP contribution < -0.4 is 5.73 Å². The highest BCUT2D eigenvalue weighted by Crippen LogP contribution is 2.36. The van der Waals surface area contributed by atoms with Crippen molar-refractivity contribution in [3.8, 4) is 0 Å². The van der Waals surface area contributed by atoms with Crippen LogP contribution in [0.15, 0.2) is 60.7 Å². The Morgan fingerprint density at radius 3 is 2.33 bits per heavy atom. The lowest BCUT2D eigenvalue weighted by Crippen LogP contribution is -2.58. The molecular weight excluding hydrogens is 416 g/mol. The van der Waals surface area contributed by atoms with Crippen molar-refractivity contribution < 1.29 is 19.4 Å². The highest BCUT2D eigenvalue weighted by Gasteiger charge is 2.51. The molecule has 2 aromatic rings. The van der Waals surface area contributed by atoms with Gasteiger partial charge in [-0.25, -0.2) is 4.79 Å². The van der Waals surface area contributed by atoms with Gasteiger partial charge in [-0.05, 0) is 56.1 Å². The number of hydrogen-bond donors (Lipinski definition) is 2. The van der Waals surface area contributed by atoms with Crippen molar-refractivity contribution in [1.29, 1.82) is 0 Å². The van der Waals surface area contributed by atoms with Crippen LogP contribution in [0.25, 0.3) is 0 Å². The zero-order valence-electron chi connectivity index (χ0n) is 19.4. The van der Waals surface area contributed by atoms with Gasteiger partial charge in [0, 0.05) is 6.04 Å². The first kappa shape index (κ1) is 23.7. The van der Waals surface area contributed by atoms with E-state index in [0.717, 1.165) is 31.2 Å². The number of likely N-dealkylation sites (tertiary alicyclic amines) is 1. The number of benzene rings is 2. The van der Waals surface area contributed by atoms with E-state index in [-0.39, 0.29) is 25.4 Å². The fourth-order valence-electron chi connectivity index (χ4n) is 5.40. The molecule has 33 heavy (non-hydrogen) atoms. The average Bonchev–Trinajstić information content (AvgIpc) is 3.12. The van der Waals surface area contributed by atoms with Crippen LogP contribution in [-0.2, 0) is 16.1 Å². The second-order valence-corrected chi connectivity index (χ2v) is 9.63. The highest BCUT2D eigenvalue weighted by atomic mass is 16.6. The molecule has 2 aromatic carbocycles. The fourth-order valence-corrected chi connectivity index (χ4v) is 5.40. The lowest BCUT2D eigenvalue weighted by Gasteiger charge is -2.36. The third kappa shape index (κ3) is 5.57. The first-order valence-corrected chi connectivity index (χ1v) is 12.1. The summed E-state index contributed by atoms with van der Waals surface area (Å²) in [7, 11) is 0. The summed E-state index contributed by atoms with van der Waals surface area (Å²) in [6, 6.07) is 19.7. The number of hydrogen-bond acceptors (Lipinski definition) is 5. The number of nitrogens with two attached hydrogens (primary N) is 1. The van der Waals surface area contributed by atoms with Gasteiger partial charge in [0.1, 0.15) is 6.61 Å². The van der Waals surface area contributed by atoms with Gasteiger partial charge in [0.05, 0.1) is 30.9 Å². The van der Waals surface area contributed by atoms with Crippen LogP contribution in [0, 0.1) is 0 Å². The van der Waals surface area contributed by atoms with E-state index in [4.69, 9.17) is 15.2 Å². The van der Waals surface area contributed by atoms with Gasteiger partial charge < -0.3 is 20.3 Å². The zero-order chi connectivity index (χ0) is 23.3. The maximum atomic E-state index is 13.0. The number of carbonyl (C=O) groups excluding carboxylic acids is 1. The normalized spacial score (nSPS) is 29.7. The molecule has 6 nitrogen and oxygen atoms in total. The molecule has 0 radical (unpaired) electrons. The lowest BCUT2D eigenvalue weighted by molar-refractivity contribution is -0.0230. The van der Waals surface area contributed by atoms with Crippen molar-refractivity contribution in [3.63, 3.8) is 0 Å². The minimum atomic E-state index is -0.896. The van der Waals surface area contributed by atoms with Crippen LogP contribution in [-0.4, -0.2) is 53.0 Å². The van der Waals surface area contributed by atoms with Crippen LogP contribution in [0.4, 0.5) is 4.79 Å². The first-order valence-electron chi connectivity index (χ1n) is 12.1. The van der Waals surface area contributed by atoms with E-state index in [1.54, 1.807) is 4.90 Å². The molecule has 0 unspecified atom stereocenters. The van der Waals surface area contributed by atoms with E-state index in [9.17, 15) is 9.90 Å². The smallest absolute Gasteiger partial charge is 0.410 e. The Bertz CT molecular complexity index is 886. The number of ether oxygens (including phenoxy) is 2. The molecule has 1 aliphatic heterocycles. The van der Waals surface area contributed by atoms with Gasteiger partial charge in [-0.15, -0.1) is 0 Å². The maximum absolute atomic E-state index is 13.0. The zero-order valence-corrected chi connectivity index (χ0v) is 19.4. The number of rotatable bonds is 7. The van der Waals surface area contributed by atoms with Gasteiger partial charge in [0.15, 0.2) is 0 Å². The Hall–Kier alpha value is -2.41. The first-order chi connectivity index (χ1) is 16.0. The molecular formula is C27H36N2O4. The summed E-state index contributed by atoms with van der Waals surface area (Å²) in [5, 5.41) is 10.1. The number of amides is 1. The number of carbonyl (C=O) groups is 1. The number of aliphatic hydroxyl groups excluding tert-OH is 1. The van der Waals surface area contributed by atoms with Crippen molar-refractivity contribution in [3.05, 3.63) is 71.8 Å². The fraction of sp³-hybridized carbons (Fsp3) is 0.519. The second kappa shape index (κ2) is 10.7.